The van der Waals surface area contributed by atoms with Crippen LogP contribution in [-0.2, 0) is 16.1 Å². The van der Waals surface area contributed by atoms with E-state index >= 15 is 0 Å². The second-order valence-corrected chi connectivity index (χ2v) is 6.24. The van der Waals surface area contributed by atoms with Gasteiger partial charge in [-0.3, -0.25) is 0 Å². The number of benzene rings is 1. The number of nitrogens with one attached hydrogen (secondary N) is 1. The number of allylic oxidation sites excluding steroid dienone is 1. The highest BCUT2D eigenvalue weighted by Crippen LogP contribution is 2.42. The lowest BCUT2D eigenvalue weighted by atomic mass is 9.79. The Balaban J connectivity index is 0.000000256. The molecule has 0 unspecified atom stereocenters. The highest BCUT2D eigenvalue weighted by molar-refractivity contribution is 5.73. The number of aliphatic carboxylic acids is 1. The van der Waals surface area contributed by atoms with Crippen molar-refractivity contribution in [3.63, 3.8) is 0 Å². The zero-order chi connectivity index (χ0) is 18.1. The molecule has 0 saturated carbocycles. The van der Waals surface area contributed by atoms with Gasteiger partial charge in [-0.2, -0.15) is 13.2 Å². The summed E-state index contributed by atoms with van der Waals surface area (Å²) in [5, 5.41) is 10.6. The van der Waals surface area contributed by atoms with E-state index in [-0.39, 0.29) is 5.60 Å². The summed E-state index contributed by atoms with van der Waals surface area (Å²) in [5.74, 6) is -2.28. The maximum Gasteiger partial charge on any atom is 0.490 e. The van der Waals surface area contributed by atoms with Gasteiger partial charge >= 0.3 is 12.1 Å². The van der Waals surface area contributed by atoms with E-state index in [0.29, 0.717) is 12.5 Å². The maximum absolute atomic E-state index is 10.6. The van der Waals surface area contributed by atoms with E-state index in [0.717, 1.165) is 18.7 Å². The van der Waals surface area contributed by atoms with E-state index in [4.69, 9.17) is 14.6 Å². The van der Waals surface area contributed by atoms with Crippen LogP contribution in [-0.4, -0.2) is 35.9 Å². The van der Waals surface area contributed by atoms with Gasteiger partial charge in [0.05, 0.1) is 12.2 Å². The normalized spacial score (nSPS) is 25.1. The van der Waals surface area contributed by atoms with Crippen molar-refractivity contribution in [1.82, 2.24) is 5.32 Å². The first-order valence-electron chi connectivity index (χ1n) is 7.48. The zero-order valence-corrected chi connectivity index (χ0v) is 13.5. The number of alkyl halides is 3. The molecule has 0 bridgehead atoms. The van der Waals surface area contributed by atoms with E-state index in [9.17, 15) is 13.2 Å². The minimum atomic E-state index is -5.08. The summed E-state index contributed by atoms with van der Waals surface area (Å²) >= 11 is 0. The Morgan fingerprint density at radius 1 is 1.46 bits per heavy atom. The Hall–Kier alpha value is -1.86. The molecule has 0 aliphatic carbocycles. The highest BCUT2D eigenvalue weighted by Gasteiger charge is 2.44. The van der Waals surface area contributed by atoms with Crippen molar-refractivity contribution in [2.24, 2.45) is 0 Å². The first-order valence-corrected chi connectivity index (χ1v) is 7.48. The molecule has 132 valence electrons. The molecule has 24 heavy (non-hydrogen) atoms. The van der Waals surface area contributed by atoms with Gasteiger partial charge in [-0.25, -0.2) is 4.79 Å². The smallest absolute Gasteiger partial charge is 0.475 e. The summed E-state index contributed by atoms with van der Waals surface area (Å²) in [4.78, 5) is 8.90. The lowest BCUT2D eigenvalue weighted by molar-refractivity contribution is -0.192. The van der Waals surface area contributed by atoms with Gasteiger partial charge in [-0.1, -0.05) is 30.4 Å². The van der Waals surface area contributed by atoms with Gasteiger partial charge in [0.25, 0.3) is 0 Å². The third-order valence-electron chi connectivity index (χ3n) is 4.40. The molecule has 2 aliphatic rings. The lowest BCUT2D eigenvalue weighted by Gasteiger charge is -2.38. The molecule has 2 aliphatic heterocycles. The van der Waals surface area contributed by atoms with Crippen LogP contribution in [0.4, 0.5) is 13.2 Å². The molecule has 0 radical (unpaired) electrons. The van der Waals surface area contributed by atoms with E-state index < -0.39 is 12.1 Å². The molecular weight excluding hydrogens is 323 g/mol. The molecule has 2 N–H and O–H groups in total. The minimum absolute atomic E-state index is 0.0271. The van der Waals surface area contributed by atoms with E-state index in [1.807, 2.05) is 0 Å². The molecule has 4 nitrogen and oxygen atoms in total. The molecule has 1 saturated heterocycles. The van der Waals surface area contributed by atoms with Crippen LogP contribution in [0.3, 0.4) is 0 Å². The van der Waals surface area contributed by atoms with Crippen LogP contribution >= 0.6 is 0 Å². The Labute approximate surface area is 138 Å². The van der Waals surface area contributed by atoms with Crippen molar-refractivity contribution < 1.29 is 27.8 Å². The number of fused-ring (bicyclic) bond motifs is 3. The Morgan fingerprint density at radius 3 is 2.62 bits per heavy atom. The van der Waals surface area contributed by atoms with Gasteiger partial charge in [0.1, 0.15) is 0 Å². The molecule has 2 heterocycles. The number of ether oxygens (including phenoxy) is 1. The molecule has 2 atom stereocenters. The van der Waals surface area contributed by atoms with Gasteiger partial charge in [0, 0.05) is 19.0 Å². The number of rotatable bonds is 1. The van der Waals surface area contributed by atoms with Crippen molar-refractivity contribution in [3.05, 3.63) is 41.5 Å². The second-order valence-electron chi connectivity index (χ2n) is 6.24. The molecule has 1 aromatic rings. The SMILES string of the molecule is C=C(C)c1cccc2c1CO[C@]1(C)CNC[C@@H]21.O=C(O)C(F)(F)F. The predicted octanol–water partition coefficient (Wildman–Crippen LogP) is 3.33. The Bertz CT molecular complexity index is 657. The zero-order valence-electron chi connectivity index (χ0n) is 13.5. The lowest BCUT2D eigenvalue weighted by Crippen LogP contribution is -2.40. The highest BCUT2D eigenvalue weighted by atomic mass is 19.4. The summed E-state index contributed by atoms with van der Waals surface area (Å²) < 4.78 is 37.8. The number of carbonyl (C=O) groups is 1. The predicted molar refractivity (Wildman–Crippen MR) is 83.6 cm³/mol. The number of hydrogen-bond acceptors (Lipinski definition) is 3. The molecule has 0 aromatic heterocycles. The first-order chi connectivity index (χ1) is 11.1. The topological polar surface area (TPSA) is 58.6 Å². The van der Waals surface area contributed by atoms with E-state index in [1.165, 1.54) is 16.7 Å². The van der Waals surface area contributed by atoms with Crippen LogP contribution in [0.25, 0.3) is 5.57 Å². The fourth-order valence-electron chi connectivity index (χ4n) is 3.12. The van der Waals surface area contributed by atoms with Crippen LogP contribution in [0.15, 0.2) is 24.8 Å². The van der Waals surface area contributed by atoms with Crippen LogP contribution in [0.5, 0.6) is 0 Å². The van der Waals surface area contributed by atoms with Crippen molar-refractivity contribution >= 4 is 11.5 Å². The van der Waals surface area contributed by atoms with Crippen molar-refractivity contribution in [3.8, 4) is 0 Å². The first kappa shape index (κ1) is 18.5. The number of hydrogen-bond donors (Lipinski definition) is 2. The average molecular weight is 343 g/mol. The third kappa shape index (κ3) is 3.62. The number of halogens is 3. The summed E-state index contributed by atoms with van der Waals surface area (Å²) in [7, 11) is 0. The number of carboxylic acids is 1. The standard InChI is InChI=1S/C15H19NO.C2HF3O2/c1-10(2)11-5-4-6-12-13(11)8-17-15(3)9-16-7-14(12)15;3-2(4,5)1(6)7/h4-6,14,16H,1,7-9H2,2-3H3;(H,6,7)/t14-,15+;/m0./s1. The van der Waals surface area contributed by atoms with Gasteiger partial charge in [-0.05, 0) is 30.5 Å². The average Bonchev–Trinajstić information content (AvgIpc) is 2.88. The van der Waals surface area contributed by atoms with Gasteiger partial charge in [0.2, 0.25) is 0 Å². The molecule has 3 rings (SSSR count). The van der Waals surface area contributed by atoms with E-state index in [1.54, 1.807) is 0 Å². The molecular formula is C17H20F3NO3. The maximum atomic E-state index is 10.6. The third-order valence-corrected chi connectivity index (χ3v) is 4.40. The molecule has 0 spiro atoms. The van der Waals surface area contributed by atoms with Crippen LogP contribution in [0.1, 0.15) is 36.5 Å². The Morgan fingerprint density at radius 2 is 2.08 bits per heavy atom. The van der Waals surface area contributed by atoms with Gasteiger partial charge in [-0.15, -0.1) is 0 Å². The quantitative estimate of drug-likeness (QED) is 0.821. The summed E-state index contributed by atoms with van der Waals surface area (Å²) in [6, 6.07) is 6.54. The van der Waals surface area contributed by atoms with E-state index in [2.05, 4.69) is 43.9 Å². The summed E-state index contributed by atoms with van der Waals surface area (Å²) in [6.45, 7) is 11.0. The minimum Gasteiger partial charge on any atom is -0.475 e. The van der Waals surface area contributed by atoms with Crippen LogP contribution < -0.4 is 5.32 Å². The second kappa shape index (κ2) is 6.57. The number of carboxylic acid groups (broad SMARTS) is 1. The molecule has 7 heteroatoms. The van der Waals surface area contributed by atoms with Gasteiger partial charge in [0.15, 0.2) is 0 Å². The van der Waals surface area contributed by atoms with Crippen LogP contribution in [0.2, 0.25) is 0 Å². The van der Waals surface area contributed by atoms with Crippen molar-refractivity contribution in [2.45, 2.75) is 38.1 Å². The van der Waals surface area contributed by atoms with Crippen molar-refractivity contribution in [2.75, 3.05) is 13.1 Å². The summed E-state index contributed by atoms with van der Waals surface area (Å²) in [5.41, 5.74) is 5.15. The fourth-order valence-corrected chi connectivity index (χ4v) is 3.12. The Kier molecular flexibility index (Phi) is 5.05. The van der Waals surface area contributed by atoms with Crippen molar-refractivity contribution in [1.29, 1.82) is 0 Å². The molecule has 0 amide bonds. The largest absolute Gasteiger partial charge is 0.490 e. The molecule has 1 fully saturated rings. The fraction of sp³-hybridized carbons (Fsp3) is 0.471. The summed E-state index contributed by atoms with van der Waals surface area (Å²) in [6.07, 6.45) is -5.08. The van der Waals surface area contributed by atoms with Gasteiger partial charge < -0.3 is 15.2 Å². The molecule has 1 aromatic carbocycles. The monoisotopic (exact) mass is 343 g/mol. The van der Waals surface area contributed by atoms with Crippen LogP contribution in [0, 0.1) is 0 Å².